The van der Waals surface area contributed by atoms with Gasteiger partial charge in [0, 0.05) is 5.70 Å². The van der Waals surface area contributed by atoms with Gasteiger partial charge >= 0.3 is 0 Å². The van der Waals surface area contributed by atoms with Crippen LogP contribution in [0.4, 0.5) is 5.69 Å². The molecule has 0 spiro atoms. The van der Waals surface area contributed by atoms with Crippen molar-refractivity contribution in [1.29, 1.82) is 0 Å². The maximum atomic E-state index is 6.49. The Morgan fingerprint density at radius 1 is 1.32 bits per heavy atom. The van der Waals surface area contributed by atoms with Crippen molar-refractivity contribution >= 4 is 5.69 Å². The van der Waals surface area contributed by atoms with Crippen molar-refractivity contribution in [3.05, 3.63) is 40.6 Å². The number of fused-ring (bicyclic) bond motifs is 1. The van der Waals surface area contributed by atoms with E-state index in [-0.39, 0.29) is 6.04 Å². The molecule has 19 heavy (non-hydrogen) atoms. The first kappa shape index (κ1) is 12.7. The zero-order valence-corrected chi connectivity index (χ0v) is 11.8. The van der Waals surface area contributed by atoms with E-state index in [1.54, 1.807) is 0 Å². The number of aryl methyl sites for hydroxylation is 1. The Bertz CT molecular complexity index is 521. The van der Waals surface area contributed by atoms with Crippen LogP contribution in [0.25, 0.3) is 0 Å². The Labute approximate surface area is 115 Å². The predicted molar refractivity (Wildman–Crippen MR) is 77.7 cm³/mol. The molecule has 1 unspecified atom stereocenters. The summed E-state index contributed by atoms with van der Waals surface area (Å²) in [5, 5.41) is 2.03. The van der Waals surface area contributed by atoms with Crippen LogP contribution in [0, 0.1) is 6.92 Å². The van der Waals surface area contributed by atoms with Crippen LogP contribution in [0.3, 0.4) is 0 Å². The molecule has 1 aromatic carbocycles. The topological polar surface area (TPSA) is 38.5 Å². The van der Waals surface area contributed by atoms with E-state index in [0.717, 1.165) is 18.5 Å². The molecule has 0 radical (unpaired) electrons. The van der Waals surface area contributed by atoms with Crippen molar-refractivity contribution in [3.63, 3.8) is 0 Å². The molecule has 3 heteroatoms. The van der Waals surface area contributed by atoms with E-state index in [4.69, 9.17) is 10.6 Å². The van der Waals surface area contributed by atoms with Gasteiger partial charge in [0.15, 0.2) is 0 Å². The minimum Gasteiger partial charge on any atom is -0.320 e. The minimum absolute atomic E-state index is 0.0434. The van der Waals surface area contributed by atoms with Crippen LogP contribution in [-0.4, -0.2) is 6.61 Å². The lowest BCUT2D eigenvalue weighted by Crippen LogP contribution is -2.34. The third kappa shape index (κ3) is 2.07. The van der Waals surface area contributed by atoms with Gasteiger partial charge in [-0.05, 0) is 56.7 Å². The van der Waals surface area contributed by atoms with Gasteiger partial charge in [-0.2, -0.15) is 0 Å². The lowest BCUT2D eigenvalue weighted by atomic mass is 9.84. The molecule has 0 saturated carbocycles. The number of hydroxylamine groups is 1. The first-order chi connectivity index (χ1) is 9.22. The van der Waals surface area contributed by atoms with Crippen molar-refractivity contribution in [2.45, 2.75) is 45.6 Å². The van der Waals surface area contributed by atoms with Gasteiger partial charge in [0.1, 0.15) is 0 Å². The Morgan fingerprint density at radius 2 is 2.11 bits per heavy atom. The number of hydrogen-bond donors (Lipinski definition) is 1. The van der Waals surface area contributed by atoms with Crippen LogP contribution < -0.4 is 10.8 Å². The molecule has 0 amide bonds. The van der Waals surface area contributed by atoms with Gasteiger partial charge in [0.2, 0.25) is 0 Å². The highest BCUT2D eigenvalue weighted by molar-refractivity contribution is 5.64. The fraction of sp³-hybridized carbons (Fsp3) is 0.500. The van der Waals surface area contributed by atoms with Gasteiger partial charge in [0.05, 0.1) is 18.3 Å². The highest BCUT2D eigenvalue weighted by Gasteiger charge is 2.32. The summed E-state index contributed by atoms with van der Waals surface area (Å²) in [7, 11) is 0. The first-order valence-electron chi connectivity index (χ1n) is 7.23. The second kappa shape index (κ2) is 4.99. The van der Waals surface area contributed by atoms with Gasteiger partial charge < -0.3 is 5.73 Å². The quantitative estimate of drug-likeness (QED) is 0.881. The van der Waals surface area contributed by atoms with Crippen LogP contribution in [0.1, 0.15) is 49.8 Å². The number of rotatable bonds is 2. The fourth-order valence-corrected chi connectivity index (χ4v) is 3.20. The Balaban J connectivity index is 2.12. The van der Waals surface area contributed by atoms with Gasteiger partial charge in [0.25, 0.3) is 0 Å². The van der Waals surface area contributed by atoms with Gasteiger partial charge in [-0.3, -0.25) is 4.84 Å². The molecule has 2 aliphatic rings. The van der Waals surface area contributed by atoms with Crippen molar-refractivity contribution in [2.24, 2.45) is 5.73 Å². The Kier molecular flexibility index (Phi) is 3.33. The molecular weight excluding hydrogens is 236 g/mol. The lowest BCUT2D eigenvalue weighted by molar-refractivity contribution is 0.131. The van der Waals surface area contributed by atoms with E-state index in [0.29, 0.717) is 6.61 Å². The van der Waals surface area contributed by atoms with Gasteiger partial charge in [-0.15, -0.1) is 0 Å². The molecule has 1 aliphatic carbocycles. The monoisotopic (exact) mass is 258 g/mol. The molecule has 0 saturated heterocycles. The van der Waals surface area contributed by atoms with E-state index in [1.165, 1.54) is 35.2 Å². The molecule has 1 aliphatic heterocycles. The number of benzene rings is 1. The summed E-state index contributed by atoms with van der Waals surface area (Å²) in [4.78, 5) is 5.89. The van der Waals surface area contributed by atoms with Gasteiger partial charge in [-0.25, -0.2) is 5.06 Å². The molecule has 1 aromatic rings. The van der Waals surface area contributed by atoms with Crippen molar-refractivity contribution in [2.75, 3.05) is 11.7 Å². The maximum absolute atomic E-state index is 6.49. The summed E-state index contributed by atoms with van der Waals surface area (Å²) in [6, 6.07) is 6.51. The second-order valence-electron chi connectivity index (χ2n) is 5.43. The second-order valence-corrected chi connectivity index (χ2v) is 5.43. The molecular formula is C16H22N2O. The van der Waals surface area contributed by atoms with Crippen LogP contribution in [0.2, 0.25) is 0 Å². The van der Waals surface area contributed by atoms with E-state index >= 15 is 0 Å². The molecule has 3 nitrogen and oxygen atoms in total. The summed E-state index contributed by atoms with van der Waals surface area (Å²) < 4.78 is 0. The van der Waals surface area contributed by atoms with E-state index in [1.807, 2.05) is 12.0 Å². The average molecular weight is 258 g/mol. The van der Waals surface area contributed by atoms with Crippen LogP contribution in [0.5, 0.6) is 0 Å². The fourth-order valence-electron chi connectivity index (χ4n) is 3.20. The lowest BCUT2D eigenvalue weighted by Gasteiger charge is -2.39. The predicted octanol–water partition coefficient (Wildman–Crippen LogP) is 3.59. The molecule has 0 bridgehead atoms. The molecule has 0 aromatic heterocycles. The number of allylic oxidation sites excluding steroid dienone is 1. The van der Waals surface area contributed by atoms with Crippen LogP contribution in [0.15, 0.2) is 29.5 Å². The number of nitrogens with two attached hydrogens (primary N) is 1. The van der Waals surface area contributed by atoms with E-state index in [2.05, 4.69) is 25.1 Å². The molecule has 102 valence electrons. The molecule has 1 heterocycles. The minimum atomic E-state index is 0.0434. The summed E-state index contributed by atoms with van der Waals surface area (Å²) in [6.45, 7) is 4.83. The van der Waals surface area contributed by atoms with Crippen LogP contribution in [-0.2, 0) is 4.84 Å². The largest absolute Gasteiger partial charge is 0.320 e. The molecule has 2 N–H and O–H groups in total. The zero-order chi connectivity index (χ0) is 13.4. The Hall–Kier alpha value is -1.32. The van der Waals surface area contributed by atoms with Crippen LogP contribution >= 0.6 is 0 Å². The van der Waals surface area contributed by atoms with E-state index in [9.17, 15) is 0 Å². The normalized spacial score (nSPS) is 22.3. The standard InChI is InChI=1S/C16H22N2O/c1-3-19-18-14-7-5-4-6-12(14)16(17)13-10-11(2)8-9-15(13)18/h8-10,16H,3-7,17H2,1-2H3. The highest BCUT2D eigenvalue weighted by atomic mass is 16.7. The maximum Gasteiger partial charge on any atom is 0.0742 e. The SMILES string of the molecule is CCON1C2=C(CCCC2)C(N)c2cc(C)ccc21. The van der Waals surface area contributed by atoms with Crippen molar-refractivity contribution < 1.29 is 4.84 Å². The summed E-state index contributed by atoms with van der Waals surface area (Å²) in [5.74, 6) is 0. The number of anilines is 1. The van der Waals surface area contributed by atoms with Crippen molar-refractivity contribution in [1.82, 2.24) is 0 Å². The summed E-state index contributed by atoms with van der Waals surface area (Å²) in [6.07, 6.45) is 4.66. The zero-order valence-electron chi connectivity index (χ0n) is 11.8. The molecule has 1 atom stereocenters. The number of nitrogens with zero attached hydrogens (tertiary/aromatic N) is 1. The Morgan fingerprint density at radius 3 is 2.89 bits per heavy atom. The van der Waals surface area contributed by atoms with E-state index < -0.39 is 0 Å². The third-order valence-corrected chi connectivity index (χ3v) is 4.10. The average Bonchev–Trinajstić information content (AvgIpc) is 2.44. The summed E-state index contributed by atoms with van der Waals surface area (Å²) in [5.41, 5.74) is 12.7. The number of hydrogen-bond acceptors (Lipinski definition) is 3. The molecule has 0 fully saturated rings. The first-order valence-corrected chi connectivity index (χ1v) is 7.23. The third-order valence-electron chi connectivity index (χ3n) is 4.10. The highest BCUT2D eigenvalue weighted by Crippen LogP contribution is 2.44. The van der Waals surface area contributed by atoms with Crippen molar-refractivity contribution in [3.8, 4) is 0 Å². The summed E-state index contributed by atoms with van der Waals surface area (Å²) >= 11 is 0. The van der Waals surface area contributed by atoms with Gasteiger partial charge in [-0.1, -0.05) is 17.7 Å². The molecule has 3 rings (SSSR count). The smallest absolute Gasteiger partial charge is 0.0742 e.